The smallest absolute Gasteiger partial charge is 0.00513 e. The molecule has 0 aliphatic carbocycles. The van der Waals surface area contributed by atoms with E-state index in [-0.39, 0.29) is 6.04 Å². The summed E-state index contributed by atoms with van der Waals surface area (Å²) in [5, 5.41) is 5.25. The van der Waals surface area contributed by atoms with Crippen molar-refractivity contribution in [2.75, 3.05) is 0 Å². The Bertz CT molecular complexity index is 644. The summed E-state index contributed by atoms with van der Waals surface area (Å²) in [4.78, 5) is 0. The number of fused-ring (bicyclic) bond motifs is 2. The van der Waals surface area contributed by atoms with Crippen LogP contribution < -0.4 is 5.73 Å². The number of hydrogen-bond acceptors (Lipinski definition) is 1. The number of rotatable bonds is 2. The molecule has 0 radical (unpaired) electrons. The quantitative estimate of drug-likeness (QED) is 0.670. The third kappa shape index (κ3) is 1.87. The molecule has 0 aliphatic heterocycles. The van der Waals surface area contributed by atoms with E-state index < -0.39 is 0 Å². The van der Waals surface area contributed by atoms with Gasteiger partial charge in [-0.15, -0.1) is 0 Å². The molecule has 0 bridgehead atoms. The van der Waals surface area contributed by atoms with Crippen LogP contribution in [-0.4, -0.2) is 6.04 Å². The summed E-state index contributed by atoms with van der Waals surface area (Å²) in [6, 6.07) is 19.6. The first kappa shape index (κ1) is 11.2. The highest BCUT2D eigenvalue weighted by Crippen LogP contribution is 2.29. The molecule has 3 rings (SSSR count). The average molecular weight is 235 g/mol. The summed E-state index contributed by atoms with van der Waals surface area (Å²) in [6.07, 6.45) is 0.919. The first-order chi connectivity index (χ1) is 8.75. The zero-order chi connectivity index (χ0) is 12.5. The largest absolute Gasteiger partial charge is 0.328 e. The van der Waals surface area contributed by atoms with Crippen molar-refractivity contribution >= 4 is 21.5 Å². The lowest BCUT2D eigenvalue weighted by Crippen LogP contribution is -2.18. The van der Waals surface area contributed by atoms with Gasteiger partial charge in [0, 0.05) is 6.04 Å². The summed E-state index contributed by atoms with van der Waals surface area (Å²) >= 11 is 0. The molecule has 0 fully saturated rings. The van der Waals surface area contributed by atoms with Crippen LogP contribution in [-0.2, 0) is 6.42 Å². The SMILES string of the molecule is CC(N)Cc1c2ccccc2cc2ccccc12. The summed E-state index contributed by atoms with van der Waals surface area (Å²) in [5.74, 6) is 0. The van der Waals surface area contributed by atoms with Crippen molar-refractivity contribution in [1.82, 2.24) is 0 Å². The second-order valence-electron chi connectivity index (χ2n) is 4.98. The number of nitrogens with two attached hydrogens (primary N) is 1. The Hall–Kier alpha value is -1.86. The van der Waals surface area contributed by atoms with Gasteiger partial charge in [-0.2, -0.15) is 0 Å². The van der Waals surface area contributed by atoms with Gasteiger partial charge in [-0.3, -0.25) is 0 Å². The topological polar surface area (TPSA) is 26.0 Å². The molecule has 3 aromatic carbocycles. The molecule has 1 unspecified atom stereocenters. The Labute approximate surface area is 107 Å². The molecule has 18 heavy (non-hydrogen) atoms. The predicted octanol–water partition coefficient (Wildman–Crippen LogP) is 3.88. The molecule has 3 aromatic rings. The zero-order valence-corrected chi connectivity index (χ0v) is 10.6. The Morgan fingerprint density at radius 3 is 1.89 bits per heavy atom. The summed E-state index contributed by atoms with van der Waals surface area (Å²) in [6.45, 7) is 2.07. The monoisotopic (exact) mass is 235 g/mol. The van der Waals surface area contributed by atoms with Gasteiger partial charge in [-0.1, -0.05) is 48.5 Å². The van der Waals surface area contributed by atoms with Gasteiger partial charge in [0.2, 0.25) is 0 Å². The van der Waals surface area contributed by atoms with Gasteiger partial charge >= 0.3 is 0 Å². The molecule has 1 nitrogen and oxygen atoms in total. The fraction of sp³-hybridized carbons (Fsp3) is 0.176. The second kappa shape index (κ2) is 4.43. The van der Waals surface area contributed by atoms with E-state index in [4.69, 9.17) is 5.73 Å². The Morgan fingerprint density at radius 2 is 1.39 bits per heavy atom. The van der Waals surface area contributed by atoms with E-state index in [2.05, 4.69) is 61.5 Å². The van der Waals surface area contributed by atoms with Gasteiger partial charge in [0.15, 0.2) is 0 Å². The molecule has 1 atom stereocenters. The van der Waals surface area contributed by atoms with E-state index in [0.29, 0.717) is 0 Å². The van der Waals surface area contributed by atoms with Gasteiger partial charge in [0.05, 0.1) is 0 Å². The number of hydrogen-bond donors (Lipinski definition) is 1. The van der Waals surface area contributed by atoms with Crippen LogP contribution in [0.25, 0.3) is 21.5 Å². The molecule has 1 heteroatoms. The third-order valence-electron chi connectivity index (χ3n) is 3.41. The van der Waals surface area contributed by atoms with Crippen LogP contribution in [0.2, 0.25) is 0 Å². The normalized spacial score (nSPS) is 13.0. The maximum absolute atomic E-state index is 6.01. The number of benzene rings is 3. The van der Waals surface area contributed by atoms with Crippen LogP contribution in [0.5, 0.6) is 0 Å². The van der Waals surface area contributed by atoms with E-state index in [9.17, 15) is 0 Å². The average Bonchev–Trinajstić information content (AvgIpc) is 2.38. The highest BCUT2D eigenvalue weighted by Gasteiger charge is 2.08. The Kier molecular flexibility index (Phi) is 2.77. The minimum absolute atomic E-state index is 0.180. The highest BCUT2D eigenvalue weighted by atomic mass is 14.6. The van der Waals surface area contributed by atoms with Crippen molar-refractivity contribution in [3.05, 3.63) is 60.2 Å². The maximum Gasteiger partial charge on any atom is 0.00513 e. The van der Waals surface area contributed by atoms with Crippen LogP contribution in [0.1, 0.15) is 12.5 Å². The summed E-state index contributed by atoms with van der Waals surface area (Å²) in [5.41, 5.74) is 7.38. The minimum Gasteiger partial charge on any atom is -0.328 e. The first-order valence-electron chi connectivity index (χ1n) is 6.40. The van der Waals surface area contributed by atoms with Crippen LogP contribution in [0.4, 0.5) is 0 Å². The van der Waals surface area contributed by atoms with E-state index in [0.717, 1.165) is 6.42 Å². The maximum atomic E-state index is 6.01. The van der Waals surface area contributed by atoms with Gasteiger partial charge in [0.1, 0.15) is 0 Å². The van der Waals surface area contributed by atoms with E-state index >= 15 is 0 Å². The van der Waals surface area contributed by atoms with Gasteiger partial charge in [-0.05, 0) is 46.5 Å². The van der Waals surface area contributed by atoms with Gasteiger partial charge in [0.25, 0.3) is 0 Å². The van der Waals surface area contributed by atoms with E-state index in [1.807, 2.05) is 0 Å². The van der Waals surface area contributed by atoms with Gasteiger partial charge in [-0.25, -0.2) is 0 Å². The molecule has 0 aromatic heterocycles. The minimum atomic E-state index is 0.180. The van der Waals surface area contributed by atoms with Crippen molar-refractivity contribution in [2.45, 2.75) is 19.4 Å². The molecule has 90 valence electrons. The van der Waals surface area contributed by atoms with Crippen LogP contribution >= 0.6 is 0 Å². The summed E-state index contributed by atoms with van der Waals surface area (Å²) in [7, 11) is 0. The Morgan fingerprint density at radius 1 is 0.889 bits per heavy atom. The lowest BCUT2D eigenvalue weighted by atomic mass is 9.93. The molecule has 0 aliphatic rings. The molecule has 0 saturated heterocycles. The molecule has 2 N–H and O–H groups in total. The fourth-order valence-corrected chi connectivity index (χ4v) is 2.65. The third-order valence-corrected chi connectivity index (χ3v) is 3.41. The molecule has 0 heterocycles. The van der Waals surface area contributed by atoms with Crippen LogP contribution in [0, 0.1) is 0 Å². The first-order valence-corrected chi connectivity index (χ1v) is 6.40. The van der Waals surface area contributed by atoms with Crippen molar-refractivity contribution in [3.63, 3.8) is 0 Å². The molecule has 0 spiro atoms. The lowest BCUT2D eigenvalue weighted by Gasteiger charge is -2.13. The predicted molar refractivity (Wildman–Crippen MR) is 78.8 cm³/mol. The second-order valence-corrected chi connectivity index (χ2v) is 4.98. The van der Waals surface area contributed by atoms with Crippen molar-refractivity contribution in [3.8, 4) is 0 Å². The Balaban J connectivity index is 2.41. The molecule has 0 amide bonds. The van der Waals surface area contributed by atoms with E-state index in [1.165, 1.54) is 27.1 Å². The lowest BCUT2D eigenvalue weighted by molar-refractivity contribution is 0.745. The zero-order valence-electron chi connectivity index (χ0n) is 10.6. The van der Waals surface area contributed by atoms with Gasteiger partial charge < -0.3 is 5.73 Å². The molecule has 0 saturated carbocycles. The molecular weight excluding hydrogens is 218 g/mol. The van der Waals surface area contributed by atoms with Crippen LogP contribution in [0.3, 0.4) is 0 Å². The summed E-state index contributed by atoms with van der Waals surface area (Å²) < 4.78 is 0. The van der Waals surface area contributed by atoms with Crippen molar-refractivity contribution < 1.29 is 0 Å². The molecular formula is C17H17N. The van der Waals surface area contributed by atoms with Crippen LogP contribution in [0.15, 0.2) is 54.6 Å². The van der Waals surface area contributed by atoms with Crippen molar-refractivity contribution in [1.29, 1.82) is 0 Å². The fourth-order valence-electron chi connectivity index (χ4n) is 2.65. The highest BCUT2D eigenvalue weighted by molar-refractivity contribution is 6.02. The standard InChI is InChI=1S/C17H17N/c1-12(18)10-17-15-8-4-2-6-13(15)11-14-7-3-5-9-16(14)17/h2-9,11-12H,10,18H2,1H3. The van der Waals surface area contributed by atoms with Crippen molar-refractivity contribution in [2.24, 2.45) is 5.73 Å². The van der Waals surface area contributed by atoms with E-state index in [1.54, 1.807) is 0 Å².